The van der Waals surface area contributed by atoms with Crippen molar-refractivity contribution in [2.24, 2.45) is 0 Å². The van der Waals surface area contributed by atoms with Crippen molar-refractivity contribution in [1.82, 2.24) is 14.6 Å². The molecule has 4 heteroatoms. The number of halogens is 1. The summed E-state index contributed by atoms with van der Waals surface area (Å²) in [6.45, 7) is 0. The summed E-state index contributed by atoms with van der Waals surface area (Å²) in [5.41, 5.74) is 4.15. The lowest BCUT2D eigenvalue weighted by Crippen LogP contribution is -1.86. The molecule has 3 aromatic carbocycles. The van der Waals surface area contributed by atoms with Crippen molar-refractivity contribution in [3.63, 3.8) is 0 Å². The van der Waals surface area contributed by atoms with Gasteiger partial charge in [0.15, 0.2) is 11.5 Å². The van der Waals surface area contributed by atoms with E-state index in [1.165, 1.54) is 5.56 Å². The molecule has 0 atom stereocenters. The number of fused-ring (bicyclic) bond motifs is 2. The standard InChI is InChI=1S/C22H14ClN3/c23-20-13-12-17(18-5-1-2-6-19(18)20)15-8-10-16(11-9-15)22-24-21-7-3-4-14-26(21)25-22/h1-14H. The molecule has 26 heavy (non-hydrogen) atoms. The van der Waals surface area contributed by atoms with Crippen LogP contribution in [0.15, 0.2) is 85.1 Å². The lowest BCUT2D eigenvalue weighted by atomic mass is 9.97. The van der Waals surface area contributed by atoms with E-state index in [2.05, 4.69) is 52.5 Å². The molecule has 5 aromatic rings. The Morgan fingerprint density at radius 2 is 1.42 bits per heavy atom. The summed E-state index contributed by atoms with van der Waals surface area (Å²) >= 11 is 6.34. The van der Waals surface area contributed by atoms with Gasteiger partial charge in [-0.25, -0.2) is 9.50 Å². The zero-order chi connectivity index (χ0) is 17.5. The molecule has 0 radical (unpaired) electrons. The third kappa shape index (κ3) is 2.45. The molecule has 0 N–H and O–H groups in total. The van der Waals surface area contributed by atoms with E-state index in [1.807, 2.05) is 42.6 Å². The predicted molar refractivity (Wildman–Crippen MR) is 106 cm³/mol. The highest BCUT2D eigenvalue weighted by Gasteiger charge is 2.09. The van der Waals surface area contributed by atoms with Crippen LogP contribution < -0.4 is 0 Å². The van der Waals surface area contributed by atoms with Gasteiger partial charge in [0.2, 0.25) is 0 Å². The van der Waals surface area contributed by atoms with E-state index in [1.54, 1.807) is 4.52 Å². The maximum atomic E-state index is 6.34. The van der Waals surface area contributed by atoms with Crippen LogP contribution in [0.5, 0.6) is 0 Å². The minimum absolute atomic E-state index is 0.726. The molecule has 0 bridgehead atoms. The van der Waals surface area contributed by atoms with Crippen LogP contribution in [-0.2, 0) is 0 Å². The van der Waals surface area contributed by atoms with Gasteiger partial charge in [-0.3, -0.25) is 0 Å². The number of pyridine rings is 1. The third-order valence-corrected chi connectivity index (χ3v) is 4.90. The van der Waals surface area contributed by atoms with Gasteiger partial charge in [0, 0.05) is 22.2 Å². The maximum Gasteiger partial charge on any atom is 0.182 e. The maximum absolute atomic E-state index is 6.34. The van der Waals surface area contributed by atoms with Gasteiger partial charge in [0.1, 0.15) is 0 Å². The second-order valence-corrected chi connectivity index (χ2v) is 6.56. The number of rotatable bonds is 2. The van der Waals surface area contributed by atoms with Crippen LogP contribution in [0.1, 0.15) is 0 Å². The molecular formula is C22H14ClN3. The van der Waals surface area contributed by atoms with Crippen LogP contribution in [0, 0.1) is 0 Å². The second kappa shape index (κ2) is 5.97. The number of hydrogen-bond donors (Lipinski definition) is 0. The lowest BCUT2D eigenvalue weighted by molar-refractivity contribution is 0.966. The van der Waals surface area contributed by atoms with Crippen LogP contribution >= 0.6 is 11.6 Å². The van der Waals surface area contributed by atoms with Gasteiger partial charge < -0.3 is 0 Å². The molecule has 0 aliphatic heterocycles. The Morgan fingerprint density at radius 1 is 0.692 bits per heavy atom. The van der Waals surface area contributed by atoms with Crippen molar-refractivity contribution in [2.75, 3.05) is 0 Å². The Balaban J connectivity index is 1.59. The van der Waals surface area contributed by atoms with Gasteiger partial charge in [-0.05, 0) is 34.7 Å². The summed E-state index contributed by atoms with van der Waals surface area (Å²) in [5, 5.41) is 7.53. The summed E-state index contributed by atoms with van der Waals surface area (Å²) in [7, 11) is 0. The molecular weight excluding hydrogens is 342 g/mol. The van der Waals surface area contributed by atoms with E-state index in [0.717, 1.165) is 38.4 Å². The van der Waals surface area contributed by atoms with E-state index >= 15 is 0 Å². The molecule has 124 valence electrons. The highest BCUT2D eigenvalue weighted by atomic mass is 35.5. The number of benzene rings is 3. The molecule has 0 amide bonds. The summed E-state index contributed by atoms with van der Waals surface area (Å²) in [4.78, 5) is 4.58. The van der Waals surface area contributed by atoms with Gasteiger partial charge in [-0.2, -0.15) is 0 Å². The summed E-state index contributed by atoms with van der Waals surface area (Å²) < 4.78 is 1.79. The van der Waals surface area contributed by atoms with Crippen molar-refractivity contribution in [1.29, 1.82) is 0 Å². The molecule has 0 aliphatic carbocycles. The molecule has 2 heterocycles. The fourth-order valence-electron chi connectivity index (χ4n) is 3.27. The van der Waals surface area contributed by atoms with Crippen molar-refractivity contribution in [3.8, 4) is 22.5 Å². The molecule has 0 unspecified atom stereocenters. The molecule has 5 rings (SSSR count). The first kappa shape index (κ1) is 15.1. The highest BCUT2D eigenvalue weighted by Crippen LogP contribution is 2.33. The Morgan fingerprint density at radius 3 is 2.23 bits per heavy atom. The number of aromatic nitrogens is 3. The normalized spacial score (nSPS) is 11.3. The zero-order valence-corrected chi connectivity index (χ0v) is 14.6. The van der Waals surface area contributed by atoms with Gasteiger partial charge >= 0.3 is 0 Å². The van der Waals surface area contributed by atoms with E-state index in [-0.39, 0.29) is 0 Å². The molecule has 2 aromatic heterocycles. The van der Waals surface area contributed by atoms with Crippen LogP contribution in [-0.4, -0.2) is 14.6 Å². The van der Waals surface area contributed by atoms with Crippen LogP contribution in [0.3, 0.4) is 0 Å². The molecule has 0 spiro atoms. The smallest absolute Gasteiger partial charge is 0.182 e. The van der Waals surface area contributed by atoms with Gasteiger partial charge in [0.05, 0.1) is 0 Å². The lowest BCUT2D eigenvalue weighted by Gasteiger charge is -2.09. The van der Waals surface area contributed by atoms with Crippen molar-refractivity contribution in [2.45, 2.75) is 0 Å². The summed E-state index contributed by atoms with van der Waals surface area (Å²) in [6.07, 6.45) is 1.90. The highest BCUT2D eigenvalue weighted by molar-refractivity contribution is 6.36. The third-order valence-electron chi connectivity index (χ3n) is 4.57. The molecule has 0 saturated heterocycles. The first-order chi connectivity index (χ1) is 12.8. The summed E-state index contributed by atoms with van der Waals surface area (Å²) in [6, 6.07) is 26.4. The van der Waals surface area contributed by atoms with E-state index in [0.29, 0.717) is 0 Å². The fraction of sp³-hybridized carbons (Fsp3) is 0. The minimum atomic E-state index is 0.726. The van der Waals surface area contributed by atoms with Crippen molar-refractivity contribution >= 4 is 28.0 Å². The van der Waals surface area contributed by atoms with Crippen LogP contribution in [0.4, 0.5) is 0 Å². The van der Waals surface area contributed by atoms with Gasteiger partial charge in [-0.1, -0.05) is 72.3 Å². The first-order valence-corrected chi connectivity index (χ1v) is 8.77. The van der Waals surface area contributed by atoms with E-state index in [4.69, 9.17) is 11.6 Å². The van der Waals surface area contributed by atoms with E-state index < -0.39 is 0 Å². The zero-order valence-electron chi connectivity index (χ0n) is 13.8. The predicted octanol–water partition coefficient (Wildman–Crippen LogP) is 5.87. The van der Waals surface area contributed by atoms with Crippen molar-refractivity contribution in [3.05, 3.63) is 90.1 Å². The Bertz CT molecular complexity index is 1210. The van der Waals surface area contributed by atoms with E-state index in [9.17, 15) is 0 Å². The number of hydrogen-bond acceptors (Lipinski definition) is 2. The van der Waals surface area contributed by atoms with Gasteiger partial charge in [0.25, 0.3) is 0 Å². The second-order valence-electron chi connectivity index (χ2n) is 6.16. The number of nitrogens with zero attached hydrogens (tertiary/aromatic N) is 3. The Labute approximate surface area is 155 Å². The average Bonchev–Trinajstić information content (AvgIpc) is 3.13. The monoisotopic (exact) mass is 355 g/mol. The first-order valence-electron chi connectivity index (χ1n) is 8.39. The van der Waals surface area contributed by atoms with Crippen molar-refractivity contribution < 1.29 is 0 Å². The Kier molecular flexibility index (Phi) is 3.47. The van der Waals surface area contributed by atoms with Gasteiger partial charge in [-0.15, -0.1) is 5.10 Å². The molecule has 3 nitrogen and oxygen atoms in total. The topological polar surface area (TPSA) is 30.2 Å². The average molecular weight is 356 g/mol. The molecule has 0 saturated carbocycles. The Hall–Kier alpha value is -3.17. The van der Waals surface area contributed by atoms with Crippen LogP contribution in [0.25, 0.3) is 38.9 Å². The SMILES string of the molecule is Clc1ccc(-c2ccc(-c3nc4ccccn4n3)cc2)c2ccccc12. The quantitative estimate of drug-likeness (QED) is 0.396. The van der Waals surface area contributed by atoms with Crippen LogP contribution in [0.2, 0.25) is 5.02 Å². The summed E-state index contributed by atoms with van der Waals surface area (Å²) in [5.74, 6) is 0.726. The molecule has 0 fully saturated rings. The fourth-order valence-corrected chi connectivity index (χ4v) is 3.49. The minimum Gasteiger partial charge on any atom is -0.221 e. The largest absolute Gasteiger partial charge is 0.221 e. The molecule has 0 aliphatic rings.